The second-order valence-corrected chi connectivity index (χ2v) is 6.79. The maximum absolute atomic E-state index is 12.7. The van der Waals surface area contributed by atoms with Crippen LogP contribution in [0.3, 0.4) is 0 Å². The molecule has 0 bridgehead atoms. The van der Waals surface area contributed by atoms with Crippen LogP contribution in [-0.4, -0.2) is 26.5 Å². The third-order valence-corrected chi connectivity index (χ3v) is 4.93. The van der Waals surface area contributed by atoms with Crippen molar-refractivity contribution in [1.82, 2.24) is 19.9 Å². The predicted octanol–water partition coefficient (Wildman–Crippen LogP) is 3.85. The van der Waals surface area contributed by atoms with Crippen LogP contribution in [0, 0.1) is 6.92 Å². The zero-order valence-corrected chi connectivity index (χ0v) is 15.2. The third kappa shape index (κ3) is 2.97. The molecular formula is C19H17N5OS. The standard InChI is InChI=1S/C19H17N5OS/c1-3-20-15-9-21-14(8-22-15)17-23-18(25)16-13(10-26-19(16)24-17)12-6-4-11(2)5-7-12/h4-10H,3H2,1-2H3,(H,20,22)(H,23,24,25). The first-order valence-corrected chi connectivity index (χ1v) is 9.18. The molecule has 0 aliphatic carbocycles. The van der Waals surface area contributed by atoms with Gasteiger partial charge >= 0.3 is 0 Å². The third-order valence-electron chi connectivity index (χ3n) is 4.06. The van der Waals surface area contributed by atoms with Crippen LogP contribution in [0.15, 0.2) is 46.8 Å². The van der Waals surface area contributed by atoms with E-state index in [0.29, 0.717) is 27.6 Å². The molecule has 0 saturated heterocycles. The van der Waals surface area contributed by atoms with Gasteiger partial charge in [0.2, 0.25) is 0 Å². The van der Waals surface area contributed by atoms with Gasteiger partial charge in [-0.1, -0.05) is 29.8 Å². The van der Waals surface area contributed by atoms with E-state index in [2.05, 4.69) is 25.3 Å². The van der Waals surface area contributed by atoms with E-state index in [-0.39, 0.29) is 5.56 Å². The number of thiophene rings is 1. The summed E-state index contributed by atoms with van der Waals surface area (Å²) in [6, 6.07) is 8.12. The Morgan fingerprint density at radius 3 is 2.65 bits per heavy atom. The van der Waals surface area contributed by atoms with Crippen molar-refractivity contribution in [2.24, 2.45) is 0 Å². The highest BCUT2D eigenvalue weighted by Gasteiger charge is 2.14. The van der Waals surface area contributed by atoms with Crippen molar-refractivity contribution in [2.75, 3.05) is 11.9 Å². The van der Waals surface area contributed by atoms with Crippen LogP contribution in [-0.2, 0) is 0 Å². The summed E-state index contributed by atoms with van der Waals surface area (Å²) in [5.41, 5.74) is 3.47. The number of aryl methyl sites for hydroxylation is 1. The Morgan fingerprint density at radius 2 is 1.96 bits per heavy atom. The molecule has 0 radical (unpaired) electrons. The molecule has 3 aromatic heterocycles. The number of aromatic amines is 1. The second kappa shape index (κ2) is 6.68. The molecular weight excluding hydrogens is 346 g/mol. The van der Waals surface area contributed by atoms with Gasteiger partial charge in [-0.2, -0.15) is 0 Å². The first kappa shape index (κ1) is 16.4. The molecule has 0 spiro atoms. The maximum Gasteiger partial charge on any atom is 0.260 e. The molecule has 1 aromatic carbocycles. The zero-order valence-electron chi connectivity index (χ0n) is 14.4. The van der Waals surface area contributed by atoms with Gasteiger partial charge in [-0.15, -0.1) is 11.3 Å². The number of hydrogen-bond acceptors (Lipinski definition) is 6. The fourth-order valence-corrected chi connectivity index (χ4v) is 3.69. The highest BCUT2D eigenvalue weighted by molar-refractivity contribution is 7.17. The van der Waals surface area contributed by atoms with Crippen molar-refractivity contribution < 1.29 is 0 Å². The quantitative estimate of drug-likeness (QED) is 0.575. The van der Waals surface area contributed by atoms with E-state index >= 15 is 0 Å². The van der Waals surface area contributed by atoms with Gasteiger partial charge in [0.15, 0.2) is 5.82 Å². The molecule has 0 saturated carbocycles. The molecule has 4 aromatic rings. The monoisotopic (exact) mass is 363 g/mol. The van der Waals surface area contributed by atoms with E-state index in [1.807, 2.05) is 43.5 Å². The molecule has 26 heavy (non-hydrogen) atoms. The molecule has 7 heteroatoms. The van der Waals surface area contributed by atoms with Crippen LogP contribution in [0.25, 0.3) is 32.9 Å². The lowest BCUT2D eigenvalue weighted by Gasteiger charge is -2.04. The Balaban J connectivity index is 1.78. The van der Waals surface area contributed by atoms with Gasteiger partial charge in [0.25, 0.3) is 5.56 Å². The Kier molecular flexibility index (Phi) is 4.22. The van der Waals surface area contributed by atoms with Gasteiger partial charge in [-0.05, 0) is 19.4 Å². The number of fused-ring (bicyclic) bond motifs is 1. The van der Waals surface area contributed by atoms with Gasteiger partial charge in [-0.25, -0.2) is 15.0 Å². The summed E-state index contributed by atoms with van der Waals surface area (Å²) in [5, 5.41) is 5.67. The van der Waals surface area contributed by atoms with Crippen molar-refractivity contribution in [1.29, 1.82) is 0 Å². The summed E-state index contributed by atoms with van der Waals surface area (Å²) < 4.78 is 0. The van der Waals surface area contributed by atoms with E-state index in [0.717, 1.165) is 17.7 Å². The SMILES string of the molecule is CCNc1cnc(-c2nc3scc(-c4ccc(C)cc4)c3c(=O)[nH]2)cn1. The number of anilines is 1. The Morgan fingerprint density at radius 1 is 1.15 bits per heavy atom. The normalized spacial score (nSPS) is 11.0. The van der Waals surface area contributed by atoms with Crippen LogP contribution in [0.2, 0.25) is 0 Å². The molecule has 0 atom stereocenters. The van der Waals surface area contributed by atoms with E-state index in [1.165, 1.54) is 16.9 Å². The predicted molar refractivity (Wildman–Crippen MR) is 106 cm³/mol. The number of nitrogens with one attached hydrogen (secondary N) is 2. The van der Waals surface area contributed by atoms with Crippen LogP contribution < -0.4 is 10.9 Å². The fourth-order valence-electron chi connectivity index (χ4n) is 2.74. The molecule has 0 unspecified atom stereocenters. The highest BCUT2D eigenvalue weighted by atomic mass is 32.1. The molecule has 0 aliphatic heterocycles. The van der Waals surface area contributed by atoms with E-state index < -0.39 is 0 Å². The smallest absolute Gasteiger partial charge is 0.260 e. The van der Waals surface area contributed by atoms with Gasteiger partial charge in [0.1, 0.15) is 16.3 Å². The summed E-state index contributed by atoms with van der Waals surface area (Å²) >= 11 is 1.46. The van der Waals surface area contributed by atoms with E-state index in [9.17, 15) is 4.79 Å². The fraction of sp³-hybridized carbons (Fsp3) is 0.158. The first-order valence-electron chi connectivity index (χ1n) is 8.30. The Bertz CT molecular complexity index is 1110. The summed E-state index contributed by atoms with van der Waals surface area (Å²) in [6.07, 6.45) is 3.24. The van der Waals surface area contributed by atoms with Gasteiger partial charge in [-0.3, -0.25) is 4.79 Å². The molecule has 3 heterocycles. The molecule has 0 aliphatic rings. The molecule has 130 valence electrons. The van der Waals surface area contributed by atoms with Crippen LogP contribution >= 0.6 is 11.3 Å². The molecule has 2 N–H and O–H groups in total. The minimum atomic E-state index is -0.167. The molecule has 0 amide bonds. The average Bonchev–Trinajstić information content (AvgIpc) is 3.08. The van der Waals surface area contributed by atoms with Crippen LogP contribution in [0.4, 0.5) is 5.82 Å². The maximum atomic E-state index is 12.7. The lowest BCUT2D eigenvalue weighted by Crippen LogP contribution is -2.10. The number of benzene rings is 1. The van der Waals surface area contributed by atoms with E-state index in [4.69, 9.17) is 0 Å². The molecule has 4 rings (SSSR count). The Hall–Kier alpha value is -3.06. The number of rotatable bonds is 4. The van der Waals surface area contributed by atoms with E-state index in [1.54, 1.807) is 12.4 Å². The van der Waals surface area contributed by atoms with Crippen LogP contribution in [0.5, 0.6) is 0 Å². The zero-order chi connectivity index (χ0) is 18.1. The Labute approximate surface area is 154 Å². The summed E-state index contributed by atoms with van der Waals surface area (Å²) in [4.78, 5) is 29.5. The molecule has 0 fully saturated rings. The van der Waals surface area contributed by atoms with Crippen molar-refractivity contribution in [2.45, 2.75) is 13.8 Å². The number of nitrogens with zero attached hydrogens (tertiary/aromatic N) is 3. The number of aromatic nitrogens is 4. The van der Waals surface area contributed by atoms with Gasteiger partial charge in [0, 0.05) is 17.5 Å². The van der Waals surface area contributed by atoms with Gasteiger partial charge in [0.05, 0.1) is 17.8 Å². The van der Waals surface area contributed by atoms with Crippen molar-refractivity contribution in [3.05, 3.63) is 58.0 Å². The lowest BCUT2D eigenvalue weighted by molar-refractivity contribution is 1.09. The minimum absolute atomic E-state index is 0.167. The summed E-state index contributed by atoms with van der Waals surface area (Å²) in [7, 11) is 0. The summed E-state index contributed by atoms with van der Waals surface area (Å²) in [5.74, 6) is 1.12. The lowest BCUT2D eigenvalue weighted by atomic mass is 10.1. The van der Waals surface area contributed by atoms with Crippen molar-refractivity contribution in [3.8, 4) is 22.6 Å². The van der Waals surface area contributed by atoms with Gasteiger partial charge < -0.3 is 10.3 Å². The van der Waals surface area contributed by atoms with Crippen molar-refractivity contribution in [3.63, 3.8) is 0 Å². The average molecular weight is 363 g/mol. The molecule has 6 nitrogen and oxygen atoms in total. The topological polar surface area (TPSA) is 83.6 Å². The largest absolute Gasteiger partial charge is 0.369 e. The van der Waals surface area contributed by atoms with Crippen molar-refractivity contribution >= 4 is 27.4 Å². The highest BCUT2D eigenvalue weighted by Crippen LogP contribution is 2.31. The number of H-pyrrole nitrogens is 1. The minimum Gasteiger partial charge on any atom is -0.369 e. The first-order chi connectivity index (χ1) is 12.7. The second-order valence-electron chi connectivity index (χ2n) is 5.93. The van der Waals surface area contributed by atoms with Crippen LogP contribution in [0.1, 0.15) is 12.5 Å². The number of hydrogen-bond donors (Lipinski definition) is 2. The summed E-state index contributed by atoms with van der Waals surface area (Å²) in [6.45, 7) is 4.80.